The second-order valence-corrected chi connectivity index (χ2v) is 5.33. The van der Waals surface area contributed by atoms with Crippen molar-refractivity contribution in [3.8, 4) is 0 Å². The number of methoxy groups -OCH3 is 1. The molecule has 0 saturated heterocycles. The highest BCUT2D eigenvalue weighted by molar-refractivity contribution is 9.10. The van der Waals surface area contributed by atoms with Crippen LogP contribution in [0.2, 0.25) is 0 Å². The molecule has 0 aliphatic heterocycles. The van der Waals surface area contributed by atoms with Crippen LogP contribution in [-0.4, -0.2) is 31.4 Å². The fourth-order valence-electron chi connectivity index (χ4n) is 2.07. The van der Waals surface area contributed by atoms with E-state index in [1.165, 1.54) is 0 Å². The van der Waals surface area contributed by atoms with Crippen LogP contribution < -0.4 is 4.90 Å². The highest BCUT2D eigenvalue weighted by Gasteiger charge is 2.16. The Kier molecular flexibility index (Phi) is 6.12. The van der Waals surface area contributed by atoms with Crippen molar-refractivity contribution in [2.75, 3.05) is 25.2 Å². The third-order valence-electron chi connectivity index (χ3n) is 3.04. The van der Waals surface area contributed by atoms with Crippen molar-refractivity contribution >= 4 is 21.6 Å². The summed E-state index contributed by atoms with van der Waals surface area (Å²) in [6, 6.07) is 6.30. The van der Waals surface area contributed by atoms with Gasteiger partial charge in [-0.1, -0.05) is 6.07 Å². The fraction of sp³-hybridized carbons (Fsp3) is 0.571. The van der Waals surface area contributed by atoms with E-state index in [0.29, 0.717) is 12.6 Å². The van der Waals surface area contributed by atoms with Gasteiger partial charge in [0.15, 0.2) is 0 Å². The van der Waals surface area contributed by atoms with Crippen LogP contribution in [0.3, 0.4) is 0 Å². The zero-order chi connectivity index (χ0) is 13.7. The molecule has 0 spiro atoms. The van der Waals surface area contributed by atoms with Gasteiger partial charge in [-0.15, -0.1) is 0 Å². The molecule has 18 heavy (non-hydrogen) atoms. The lowest BCUT2D eigenvalue weighted by Crippen LogP contribution is -2.36. The van der Waals surface area contributed by atoms with Gasteiger partial charge >= 0.3 is 0 Å². The van der Waals surface area contributed by atoms with Gasteiger partial charge in [-0.3, -0.25) is 0 Å². The SMILES string of the molecule is CCN(c1ccc([C@H](C)O)cc1Br)C(C)COC. The van der Waals surface area contributed by atoms with Gasteiger partial charge in [-0.25, -0.2) is 0 Å². The zero-order valence-corrected chi connectivity index (χ0v) is 13.1. The maximum atomic E-state index is 9.57. The van der Waals surface area contributed by atoms with Crippen LogP contribution in [0.5, 0.6) is 0 Å². The lowest BCUT2D eigenvalue weighted by Gasteiger charge is -2.31. The minimum atomic E-state index is -0.443. The second-order valence-electron chi connectivity index (χ2n) is 4.48. The minimum absolute atomic E-state index is 0.314. The molecule has 0 bridgehead atoms. The summed E-state index contributed by atoms with van der Waals surface area (Å²) in [5.74, 6) is 0. The summed E-state index contributed by atoms with van der Waals surface area (Å²) in [5, 5.41) is 9.57. The first kappa shape index (κ1) is 15.5. The predicted molar refractivity (Wildman–Crippen MR) is 79.1 cm³/mol. The summed E-state index contributed by atoms with van der Waals surface area (Å²) < 4.78 is 6.22. The molecule has 0 aromatic heterocycles. The summed E-state index contributed by atoms with van der Waals surface area (Å²) in [5.41, 5.74) is 2.05. The van der Waals surface area contributed by atoms with Gasteiger partial charge in [0.1, 0.15) is 0 Å². The van der Waals surface area contributed by atoms with Crippen LogP contribution in [0.4, 0.5) is 5.69 Å². The van der Waals surface area contributed by atoms with Crippen LogP contribution >= 0.6 is 15.9 Å². The number of anilines is 1. The van der Waals surface area contributed by atoms with Gasteiger partial charge in [-0.2, -0.15) is 0 Å². The molecule has 0 saturated carbocycles. The van der Waals surface area contributed by atoms with Crippen LogP contribution in [0.1, 0.15) is 32.4 Å². The average molecular weight is 316 g/mol. The molecular formula is C14H22BrNO2. The molecule has 1 unspecified atom stereocenters. The third-order valence-corrected chi connectivity index (χ3v) is 3.68. The van der Waals surface area contributed by atoms with Gasteiger partial charge in [0.05, 0.1) is 18.4 Å². The van der Waals surface area contributed by atoms with E-state index in [4.69, 9.17) is 4.74 Å². The second kappa shape index (κ2) is 7.12. The van der Waals surface area contributed by atoms with E-state index in [9.17, 15) is 5.11 Å². The van der Waals surface area contributed by atoms with Crippen molar-refractivity contribution in [2.45, 2.75) is 32.9 Å². The number of halogens is 1. The van der Waals surface area contributed by atoms with Crippen molar-refractivity contribution in [1.82, 2.24) is 0 Å². The summed E-state index contributed by atoms with van der Waals surface area (Å²) in [6.45, 7) is 7.64. The van der Waals surface area contributed by atoms with Crippen LogP contribution in [0, 0.1) is 0 Å². The molecule has 0 fully saturated rings. The Hall–Kier alpha value is -0.580. The molecule has 0 aliphatic rings. The number of hydrogen-bond acceptors (Lipinski definition) is 3. The molecular weight excluding hydrogens is 294 g/mol. The third kappa shape index (κ3) is 3.70. The Balaban J connectivity index is 2.99. The van der Waals surface area contributed by atoms with Crippen LogP contribution in [-0.2, 0) is 4.74 Å². The maximum absolute atomic E-state index is 9.57. The fourth-order valence-corrected chi connectivity index (χ4v) is 2.69. The summed E-state index contributed by atoms with van der Waals surface area (Å²) >= 11 is 3.58. The minimum Gasteiger partial charge on any atom is -0.389 e. The van der Waals surface area contributed by atoms with E-state index in [2.05, 4.69) is 34.7 Å². The zero-order valence-electron chi connectivity index (χ0n) is 11.5. The predicted octanol–water partition coefficient (Wildman–Crippen LogP) is 3.36. The van der Waals surface area contributed by atoms with E-state index in [-0.39, 0.29) is 0 Å². The van der Waals surface area contributed by atoms with E-state index in [1.54, 1.807) is 14.0 Å². The average Bonchev–Trinajstić information content (AvgIpc) is 2.32. The summed E-state index contributed by atoms with van der Waals surface area (Å²) in [4.78, 5) is 2.28. The highest BCUT2D eigenvalue weighted by Crippen LogP contribution is 2.30. The number of aliphatic hydroxyl groups excluding tert-OH is 1. The van der Waals surface area contributed by atoms with Crippen molar-refractivity contribution in [2.24, 2.45) is 0 Å². The van der Waals surface area contributed by atoms with E-state index in [0.717, 1.165) is 22.3 Å². The van der Waals surface area contributed by atoms with E-state index in [1.807, 2.05) is 18.2 Å². The molecule has 0 aliphatic carbocycles. The molecule has 1 N–H and O–H groups in total. The molecule has 3 nitrogen and oxygen atoms in total. The number of benzene rings is 1. The van der Waals surface area contributed by atoms with Gasteiger partial charge < -0.3 is 14.7 Å². The van der Waals surface area contributed by atoms with E-state index < -0.39 is 6.10 Å². The lowest BCUT2D eigenvalue weighted by atomic mass is 10.1. The molecule has 4 heteroatoms. The summed E-state index contributed by atoms with van der Waals surface area (Å²) in [7, 11) is 1.72. The normalized spacial score (nSPS) is 14.3. The smallest absolute Gasteiger partial charge is 0.0762 e. The standard InChI is InChI=1S/C14H22BrNO2/c1-5-16(10(2)9-18-4)14-7-6-12(11(3)17)8-13(14)15/h6-8,10-11,17H,5,9H2,1-4H3/t10?,11-/m0/s1. The van der Waals surface area contributed by atoms with Gasteiger partial charge in [0.2, 0.25) is 0 Å². The van der Waals surface area contributed by atoms with Crippen molar-refractivity contribution in [1.29, 1.82) is 0 Å². The number of aliphatic hydroxyl groups is 1. The first-order chi connectivity index (χ1) is 8.51. The molecule has 0 amide bonds. The summed E-state index contributed by atoms with van der Waals surface area (Å²) in [6.07, 6.45) is -0.443. The molecule has 1 aromatic carbocycles. The molecule has 0 heterocycles. The molecule has 2 atom stereocenters. The largest absolute Gasteiger partial charge is 0.389 e. The quantitative estimate of drug-likeness (QED) is 0.873. The lowest BCUT2D eigenvalue weighted by molar-refractivity contribution is 0.182. The maximum Gasteiger partial charge on any atom is 0.0762 e. The van der Waals surface area contributed by atoms with Crippen molar-refractivity contribution in [3.63, 3.8) is 0 Å². The number of rotatable bonds is 6. The number of ether oxygens (including phenoxy) is 1. The topological polar surface area (TPSA) is 32.7 Å². The van der Waals surface area contributed by atoms with Gasteiger partial charge in [0, 0.05) is 24.2 Å². The molecule has 1 rings (SSSR count). The van der Waals surface area contributed by atoms with Crippen LogP contribution in [0.25, 0.3) is 0 Å². The first-order valence-corrected chi connectivity index (χ1v) is 7.03. The first-order valence-electron chi connectivity index (χ1n) is 6.24. The monoisotopic (exact) mass is 315 g/mol. The Bertz CT molecular complexity index is 382. The molecule has 102 valence electrons. The van der Waals surface area contributed by atoms with Crippen LogP contribution in [0.15, 0.2) is 22.7 Å². The molecule has 1 aromatic rings. The van der Waals surface area contributed by atoms with E-state index >= 15 is 0 Å². The van der Waals surface area contributed by atoms with Crippen molar-refractivity contribution in [3.05, 3.63) is 28.2 Å². The Morgan fingerprint density at radius 1 is 1.39 bits per heavy atom. The molecule has 0 radical (unpaired) electrons. The Morgan fingerprint density at radius 3 is 2.50 bits per heavy atom. The number of hydrogen-bond donors (Lipinski definition) is 1. The number of likely N-dealkylation sites (N-methyl/N-ethyl adjacent to an activating group) is 1. The van der Waals surface area contributed by atoms with Gasteiger partial charge in [-0.05, 0) is 54.4 Å². The van der Waals surface area contributed by atoms with Crippen molar-refractivity contribution < 1.29 is 9.84 Å². The number of nitrogens with zero attached hydrogens (tertiary/aromatic N) is 1. The Morgan fingerprint density at radius 2 is 2.06 bits per heavy atom. The van der Waals surface area contributed by atoms with Gasteiger partial charge in [0.25, 0.3) is 0 Å². The highest BCUT2D eigenvalue weighted by atomic mass is 79.9. The Labute approximate surface area is 118 Å².